The Morgan fingerprint density at radius 2 is 1.69 bits per heavy atom. The number of halogens is 1. The van der Waals surface area contributed by atoms with Gasteiger partial charge >= 0.3 is 0 Å². The van der Waals surface area contributed by atoms with Crippen LogP contribution in [0.15, 0.2) is 99.9 Å². The fraction of sp³-hybridized carbons (Fsp3) is 0.250. The van der Waals surface area contributed by atoms with Crippen molar-refractivity contribution in [2.45, 2.75) is 49.6 Å². The number of carbonyl (C=O) groups excluding carboxylic acids is 1. The van der Waals surface area contributed by atoms with Gasteiger partial charge in [0, 0.05) is 50.9 Å². The van der Waals surface area contributed by atoms with Crippen molar-refractivity contribution in [2.24, 2.45) is 4.99 Å². The summed E-state index contributed by atoms with van der Waals surface area (Å²) < 4.78 is 2.30. The van der Waals surface area contributed by atoms with Gasteiger partial charge in [-0.2, -0.15) is 0 Å². The highest BCUT2D eigenvalue weighted by Gasteiger charge is 2.38. The molecule has 1 aromatic heterocycles. The molecule has 1 amide bonds. The third kappa shape index (κ3) is 5.98. The third-order valence-electron chi connectivity index (χ3n) is 7.28. The Bertz CT molecular complexity index is 1520. The van der Waals surface area contributed by atoms with E-state index in [4.69, 9.17) is 16.6 Å². The molecule has 0 radical (unpaired) electrons. The Morgan fingerprint density at radius 1 is 0.949 bits per heavy atom. The van der Waals surface area contributed by atoms with Crippen molar-refractivity contribution in [3.8, 4) is 0 Å². The van der Waals surface area contributed by atoms with E-state index in [1.807, 2.05) is 59.1 Å². The van der Waals surface area contributed by atoms with Crippen LogP contribution in [-0.2, 0) is 11.3 Å². The molecule has 0 spiro atoms. The number of carbonyl (C=O) groups is 1. The van der Waals surface area contributed by atoms with Crippen LogP contribution in [0.25, 0.3) is 17.0 Å². The number of aromatic nitrogens is 1. The van der Waals surface area contributed by atoms with Gasteiger partial charge in [0.15, 0.2) is 5.17 Å². The first-order valence-corrected chi connectivity index (χ1v) is 15.7. The second kappa shape index (κ2) is 12.1. The summed E-state index contributed by atoms with van der Waals surface area (Å²) in [5.41, 5.74) is 3.13. The molecular formula is C32H30ClN3OS2. The summed E-state index contributed by atoms with van der Waals surface area (Å²) in [6, 6.07) is 26.6. The van der Waals surface area contributed by atoms with Gasteiger partial charge in [-0.1, -0.05) is 67.3 Å². The normalized spacial score (nSPS) is 18.6. The lowest BCUT2D eigenvalue weighted by atomic mass is 9.94. The van der Waals surface area contributed by atoms with E-state index in [1.165, 1.54) is 28.6 Å². The number of para-hydroxylation sites is 2. The lowest BCUT2D eigenvalue weighted by Crippen LogP contribution is -2.40. The maximum absolute atomic E-state index is 13.8. The van der Waals surface area contributed by atoms with E-state index >= 15 is 0 Å². The van der Waals surface area contributed by atoms with Crippen molar-refractivity contribution in [1.82, 2.24) is 9.47 Å². The van der Waals surface area contributed by atoms with E-state index in [9.17, 15) is 4.79 Å². The molecule has 3 aromatic carbocycles. The molecule has 6 rings (SSSR count). The predicted molar refractivity (Wildman–Crippen MR) is 167 cm³/mol. The first kappa shape index (κ1) is 26.3. The summed E-state index contributed by atoms with van der Waals surface area (Å²) in [4.78, 5) is 22.7. The number of fused-ring (bicyclic) bond motifs is 1. The molecule has 2 heterocycles. The lowest BCUT2D eigenvalue weighted by Gasteiger charge is -2.30. The van der Waals surface area contributed by atoms with Crippen LogP contribution in [0.5, 0.6) is 0 Å². The largest absolute Gasteiger partial charge is 0.346 e. The SMILES string of the molecule is O=C1/C(=C/c2cn(CCSc3ccc(Cl)cc3)c3ccccc23)SC(=Nc2ccccc2)N1C1CCCCC1. The minimum atomic E-state index is 0.0803. The van der Waals surface area contributed by atoms with Gasteiger partial charge in [-0.3, -0.25) is 9.69 Å². The van der Waals surface area contributed by atoms with E-state index in [2.05, 4.69) is 53.2 Å². The fourth-order valence-corrected chi connectivity index (χ4v) is 7.38. The van der Waals surface area contributed by atoms with Gasteiger partial charge in [-0.15, -0.1) is 11.8 Å². The summed E-state index contributed by atoms with van der Waals surface area (Å²) in [6.45, 7) is 0.868. The van der Waals surface area contributed by atoms with Crippen molar-refractivity contribution in [1.29, 1.82) is 0 Å². The van der Waals surface area contributed by atoms with Gasteiger partial charge in [0.2, 0.25) is 0 Å². The number of thioether (sulfide) groups is 2. The zero-order valence-electron chi connectivity index (χ0n) is 21.6. The number of aliphatic imine (C=N–C) groups is 1. The second-order valence-electron chi connectivity index (χ2n) is 9.90. The Kier molecular flexibility index (Phi) is 8.14. The van der Waals surface area contributed by atoms with Crippen LogP contribution >= 0.6 is 35.1 Å². The monoisotopic (exact) mass is 571 g/mol. The molecule has 2 aliphatic rings. The molecule has 7 heteroatoms. The predicted octanol–water partition coefficient (Wildman–Crippen LogP) is 9.02. The molecular weight excluding hydrogens is 542 g/mol. The third-order valence-corrected chi connectivity index (χ3v) is 9.51. The maximum atomic E-state index is 13.8. The fourth-order valence-electron chi connectivity index (χ4n) is 5.35. The first-order valence-electron chi connectivity index (χ1n) is 13.5. The van der Waals surface area contributed by atoms with E-state index in [0.717, 1.165) is 69.7 Å². The van der Waals surface area contributed by atoms with E-state index < -0.39 is 0 Å². The molecule has 1 aliphatic heterocycles. The Hall–Kier alpha value is -2.93. The highest BCUT2D eigenvalue weighted by atomic mass is 35.5. The number of aryl methyl sites for hydroxylation is 1. The summed E-state index contributed by atoms with van der Waals surface area (Å²) in [6.07, 6.45) is 9.91. The molecule has 1 aliphatic carbocycles. The number of rotatable bonds is 7. The van der Waals surface area contributed by atoms with E-state index in [1.54, 1.807) is 0 Å². The summed E-state index contributed by atoms with van der Waals surface area (Å²) in [7, 11) is 0. The molecule has 0 bridgehead atoms. The molecule has 0 atom stereocenters. The lowest BCUT2D eigenvalue weighted by molar-refractivity contribution is -0.124. The molecule has 198 valence electrons. The smallest absolute Gasteiger partial charge is 0.267 e. The van der Waals surface area contributed by atoms with Gasteiger partial charge in [-0.25, -0.2) is 4.99 Å². The summed E-state index contributed by atoms with van der Waals surface area (Å²) in [5, 5.41) is 2.71. The van der Waals surface area contributed by atoms with Gasteiger partial charge in [0.1, 0.15) is 0 Å². The van der Waals surface area contributed by atoms with Crippen LogP contribution in [0.3, 0.4) is 0 Å². The average molecular weight is 572 g/mol. The molecule has 39 heavy (non-hydrogen) atoms. The first-order chi connectivity index (χ1) is 19.2. The van der Waals surface area contributed by atoms with Crippen molar-refractivity contribution in [3.63, 3.8) is 0 Å². The second-order valence-corrected chi connectivity index (χ2v) is 12.5. The number of amides is 1. The van der Waals surface area contributed by atoms with Crippen LogP contribution < -0.4 is 0 Å². The zero-order chi connectivity index (χ0) is 26.6. The summed E-state index contributed by atoms with van der Waals surface area (Å²) >= 11 is 9.36. The minimum Gasteiger partial charge on any atom is -0.346 e. The molecule has 2 fully saturated rings. The molecule has 4 aromatic rings. The topological polar surface area (TPSA) is 37.6 Å². The van der Waals surface area contributed by atoms with Crippen molar-refractivity contribution < 1.29 is 4.79 Å². The van der Waals surface area contributed by atoms with Gasteiger partial charge in [-0.05, 0) is 73.1 Å². The molecule has 4 nitrogen and oxygen atoms in total. The van der Waals surface area contributed by atoms with Crippen LogP contribution in [0.4, 0.5) is 5.69 Å². The van der Waals surface area contributed by atoms with Crippen molar-refractivity contribution in [2.75, 3.05) is 5.75 Å². The number of nitrogens with zero attached hydrogens (tertiary/aromatic N) is 3. The maximum Gasteiger partial charge on any atom is 0.267 e. The standard InChI is InChI=1S/C32H30ClN3OS2/c33-24-15-17-27(18-16-24)38-20-19-35-22-23(28-13-7-8-14-29(28)35)21-30-31(37)36(26-11-5-2-6-12-26)32(39-30)34-25-9-3-1-4-10-25/h1,3-4,7-10,13-18,21-22,26H,2,5-6,11-12,19-20H2/b30-21-,34-32?. The minimum absolute atomic E-state index is 0.0803. The van der Waals surface area contributed by atoms with Crippen LogP contribution in [0.1, 0.15) is 37.7 Å². The Balaban J connectivity index is 1.29. The molecule has 0 unspecified atom stereocenters. The highest BCUT2D eigenvalue weighted by Crippen LogP contribution is 2.39. The number of amidine groups is 1. The number of hydrogen-bond donors (Lipinski definition) is 0. The van der Waals surface area contributed by atoms with E-state index in [0.29, 0.717) is 0 Å². The average Bonchev–Trinajstić information content (AvgIpc) is 3.47. The Labute approximate surface area is 243 Å². The van der Waals surface area contributed by atoms with Gasteiger partial charge in [0.25, 0.3) is 5.91 Å². The molecule has 1 saturated heterocycles. The number of hydrogen-bond acceptors (Lipinski definition) is 4. The van der Waals surface area contributed by atoms with Crippen molar-refractivity contribution >= 4 is 68.9 Å². The van der Waals surface area contributed by atoms with Crippen LogP contribution in [0, 0.1) is 0 Å². The van der Waals surface area contributed by atoms with Gasteiger partial charge in [0.05, 0.1) is 10.6 Å². The molecule has 0 N–H and O–H groups in total. The van der Waals surface area contributed by atoms with Crippen molar-refractivity contribution in [3.05, 3.63) is 101 Å². The quantitative estimate of drug-likeness (QED) is 0.164. The number of benzene rings is 3. The molecule has 1 saturated carbocycles. The highest BCUT2D eigenvalue weighted by molar-refractivity contribution is 8.18. The zero-order valence-corrected chi connectivity index (χ0v) is 24.0. The summed E-state index contributed by atoms with van der Waals surface area (Å²) in [5.74, 6) is 1.02. The van der Waals surface area contributed by atoms with Gasteiger partial charge < -0.3 is 4.57 Å². The van der Waals surface area contributed by atoms with Crippen LogP contribution in [-0.4, -0.2) is 32.3 Å². The Morgan fingerprint density at radius 3 is 2.49 bits per heavy atom. The van der Waals surface area contributed by atoms with Crippen LogP contribution in [0.2, 0.25) is 5.02 Å². The van der Waals surface area contributed by atoms with E-state index in [-0.39, 0.29) is 11.9 Å².